The smallest absolute Gasteiger partial charge is 0.0541 e. The normalized spacial score (nSPS) is 11.3. The molecule has 0 bridgehead atoms. The number of rotatable bonds is 10. The largest absolute Gasteiger partial charge is 0.311 e. The summed E-state index contributed by atoms with van der Waals surface area (Å²) in [4.78, 5) is 2.36. The minimum atomic E-state index is 1.08. The molecule has 0 radical (unpaired) electrons. The molecule has 2 heteroatoms. The number of hydrogen-bond acceptors (Lipinski definition) is 1. The van der Waals surface area contributed by atoms with Gasteiger partial charge in [-0.05, 0) is 127 Å². The first-order valence-corrected chi connectivity index (χ1v) is 24.7. The molecule has 0 aliphatic rings. The highest BCUT2D eigenvalue weighted by Crippen LogP contribution is 2.42. The van der Waals surface area contributed by atoms with E-state index in [-0.39, 0.29) is 0 Å². The average Bonchev–Trinajstić information content (AvgIpc) is 3.80. The minimum Gasteiger partial charge on any atom is -0.311 e. The monoisotopic (exact) mass is 916 g/mol. The SMILES string of the molecule is c1ccc(-c2ccc(-c3ccc(N(c4ccc(-c5ccc(-c6ccccc6-n6c7ccccc7c7ccccc76)cc5)cc4)c4ccc(-c5cccc6cccc(-c7ccccc7)c56)cc4)cc3)cc2)cc1. The van der Waals surface area contributed by atoms with Crippen LogP contribution in [-0.4, -0.2) is 4.57 Å². The summed E-state index contributed by atoms with van der Waals surface area (Å²) in [6.45, 7) is 0. The van der Waals surface area contributed by atoms with E-state index < -0.39 is 0 Å². The zero-order chi connectivity index (χ0) is 47.8. The minimum absolute atomic E-state index is 1.08. The molecule has 0 unspecified atom stereocenters. The Balaban J connectivity index is 0.842. The molecule has 0 N–H and O–H groups in total. The van der Waals surface area contributed by atoms with E-state index in [1.165, 1.54) is 99.5 Å². The van der Waals surface area contributed by atoms with Crippen molar-refractivity contribution in [1.82, 2.24) is 4.57 Å². The van der Waals surface area contributed by atoms with Crippen LogP contribution in [-0.2, 0) is 0 Å². The van der Waals surface area contributed by atoms with Crippen molar-refractivity contribution in [3.05, 3.63) is 291 Å². The number of para-hydroxylation sites is 3. The van der Waals surface area contributed by atoms with Crippen LogP contribution in [0.25, 0.3) is 105 Å². The molecule has 0 saturated heterocycles. The summed E-state index contributed by atoms with van der Waals surface area (Å²) in [7, 11) is 0. The van der Waals surface area contributed by atoms with Gasteiger partial charge in [0.1, 0.15) is 0 Å². The van der Waals surface area contributed by atoms with Crippen molar-refractivity contribution in [3.63, 3.8) is 0 Å². The van der Waals surface area contributed by atoms with Crippen molar-refractivity contribution in [2.24, 2.45) is 0 Å². The molecule has 0 atom stereocenters. The van der Waals surface area contributed by atoms with Gasteiger partial charge in [-0.3, -0.25) is 0 Å². The maximum Gasteiger partial charge on any atom is 0.0541 e. The summed E-state index contributed by atoms with van der Waals surface area (Å²) in [5.41, 5.74) is 21.2. The van der Waals surface area contributed by atoms with Gasteiger partial charge in [-0.1, -0.05) is 237 Å². The third-order valence-corrected chi connectivity index (χ3v) is 14.3. The topological polar surface area (TPSA) is 8.17 Å². The highest BCUT2D eigenvalue weighted by Gasteiger charge is 2.18. The molecule has 0 saturated carbocycles. The Bertz CT molecular complexity index is 3960. The predicted molar refractivity (Wildman–Crippen MR) is 306 cm³/mol. The molecule has 2 nitrogen and oxygen atoms in total. The Kier molecular flexibility index (Phi) is 10.9. The lowest BCUT2D eigenvalue weighted by Gasteiger charge is -2.26. The third kappa shape index (κ3) is 7.82. The first-order chi connectivity index (χ1) is 35.7. The van der Waals surface area contributed by atoms with Gasteiger partial charge in [0.05, 0.1) is 16.7 Å². The number of nitrogens with zero attached hydrogens (tertiary/aromatic N) is 2. The van der Waals surface area contributed by atoms with E-state index in [1.54, 1.807) is 0 Å². The van der Waals surface area contributed by atoms with Crippen LogP contribution < -0.4 is 4.90 Å². The molecule has 1 heterocycles. The van der Waals surface area contributed by atoms with Crippen LogP contribution in [0, 0.1) is 0 Å². The van der Waals surface area contributed by atoms with Crippen LogP contribution >= 0.6 is 0 Å². The van der Waals surface area contributed by atoms with Gasteiger partial charge >= 0.3 is 0 Å². The van der Waals surface area contributed by atoms with E-state index in [2.05, 4.69) is 301 Å². The number of fused-ring (bicyclic) bond motifs is 4. The summed E-state index contributed by atoms with van der Waals surface area (Å²) in [6.07, 6.45) is 0. The van der Waals surface area contributed by atoms with Gasteiger partial charge in [-0.15, -0.1) is 0 Å². The molecule has 0 amide bonds. The second-order valence-corrected chi connectivity index (χ2v) is 18.5. The Morgan fingerprint density at radius 3 is 1.03 bits per heavy atom. The van der Waals surface area contributed by atoms with Crippen LogP contribution in [0.3, 0.4) is 0 Å². The molecule has 0 aliphatic heterocycles. The molecule has 0 spiro atoms. The zero-order valence-corrected chi connectivity index (χ0v) is 39.6. The number of hydrogen-bond donors (Lipinski definition) is 0. The molecular weight excluding hydrogens is 869 g/mol. The summed E-state index contributed by atoms with van der Waals surface area (Å²) < 4.78 is 2.41. The number of anilines is 3. The second kappa shape index (κ2) is 18.4. The number of benzene rings is 12. The van der Waals surface area contributed by atoms with Crippen molar-refractivity contribution in [2.45, 2.75) is 0 Å². The van der Waals surface area contributed by atoms with Crippen LogP contribution in [0.5, 0.6) is 0 Å². The van der Waals surface area contributed by atoms with Crippen molar-refractivity contribution in [2.75, 3.05) is 4.90 Å². The molecule has 72 heavy (non-hydrogen) atoms. The molecule has 12 aromatic carbocycles. The van der Waals surface area contributed by atoms with E-state index in [0.29, 0.717) is 0 Å². The average molecular weight is 917 g/mol. The first-order valence-electron chi connectivity index (χ1n) is 24.7. The van der Waals surface area contributed by atoms with Gasteiger partial charge in [0, 0.05) is 33.4 Å². The lowest BCUT2D eigenvalue weighted by molar-refractivity contribution is 1.18. The fourth-order valence-electron chi connectivity index (χ4n) is 10.7. The predicted octanol–water partition coefficient (Wildman–Crippen LogP) is 19.4. The van der Waals surface area contributed by atoms with E-state index in [1.807, 2.05) is 0 Å². The van der Waals surface area contributed by atoms with Crippen molar-refractivity contribution in [3.8, 4) is 72.4 Å². The Morgan fingerprint density at radius 2 is 0.542 bits per heavy atom. The second-order valence-electron chi connectivity index (χ2n) is 18.5. The van der Waals surface area contributed by atoms with Gasteiger partial charge < -0.3 is 9.47 Å². The van der Waals surface area contributed by atoms with Crippen molar-refractivity contribution >= 4 is 49.6 Å². The molecule has 13 aromatic rings. The lowest BCUT2D eigenvalue weighted by Crippen LogP contribution is -2.09. The summed E-state index contributed by atoms with van der Waals surface area (Å²) in [6, 6.07) is 106. The van der Waals surface area contributed by atoms with Gasteiger partial charge in [0.25, 0.3) is 0 Å². The van der Waals surface area contributed by atoms with E-state index >= 15 is 0 Å². The van der Waals surface area contributed by atoms with Crippen molar-refractivity contribution in [1.29, 1.82) is 0 Å². The van der Waals surface area contributed by atoms with Gasteiger partial charge in [0.15, 0.2) is 0 Å². The first kappa shape index (κ1) is 42.6. The van der Waals surface area contributed by atoms with Gasteiger partial charge in [0.2, 0.25) is 0 Å². The summed E-state index contributed by atoms with van der Waals surface area (Å²) >= 11 is 0. The fraction of sp³-hybridized carbons (Fsp3) is 0. The van der Waals surface area contributed by atoms with Crippen LogP contribution in [0.15, 0.2) is 291 Å². The molecular formula is C70H48N2. The van der Waals surface area contributed by atoms with Crippen LogP contribution in [0.1, 0.15) is 0 Å². The maximum atomic E-state index is 2.41. The van der Waals surface area contributed by atoms with E-state index in [4.69, 9.17) is 0 Å². The number of aromatic nitrogens is 1. The third-order valence-electron chi connectivity index (χ3n) is 14.3. The fourth-order valence-corrected chi connectivity index (χ4v) is 10.7. The Labute approximate surface area is 420 Å². The Morgan fingerprint density at radius 1 is 0.222 bits per heavy atom. The standard InChI is InChI=1S/C70H48N2/c1-3-15-49(16-4-1)50-29-31-51(32-30-50)53-37-43-59(44-38-53)71(61-47-41-57(42-48-61)64-25-14-20-58-19-13-24-63(70(58)64)55-17-5-2-6-18-55)60-45-39-54(40-46-60)52-33-35-56(36-34-52)62-21-7-10-26-67(62)72-68-27-11-8-22-65(68)66-23-9-12-28-69(66)72/h1-48H. The molecule has 1 aromatic heterocycles. The highest BCUT2D eigenvalue weighted by atomic mass is 15.1. The highest BCUT2D eigenvalue weighted by molar-refractivity contribution is 6.10. The van der Waals surface area contributed by atoms with Gasteiger partial charge in [-0.25, -0.2) is 0 Å². The molecule has 338 valence electrons. The summed E-state index contributed by atoms with van der Waals surface area (Å²) in [5.74, 6) is 0. The van der Waals surface area contributed by atoms with Crippen molar-refractivity contribution < 1.29 is 0 Å². The Hall–Kier alpha value is -9.50. The quantitative estimate of drug-likeness (QED) is 0.133. The van der Waals surface area contributed by atoms with E-state index in [0.717, 1.165) is 22.6 Å². The molecule has 0 fully saturated rings. The summed E-state index contributed by atoms with van der Waals surface area (Å²) in [5, 5.41) is 5.02. The maximum absolute atomic E-state index is 2.41. The zero-order valence-electron chi connectivity index (χ0n) is 39.6. The lowest BCUT2D eigenvalue weighted by atomic mass is 9.91. The van der Waals surface area contributed by atoms with E-state index in [9.17, 15) is 0 Å². The van der Waals surface area contributed by atoms with Crippen LogP contribution in [0.2, 0.25) is 0 Å². The molecule has 13 rings (SSSR count). The van der Waals surface area contributed by atoms with Crippen LogP contribution in [0.4, 0.5) is 17.1 Å². The molecule has 0 aliphatic carbocycles. The van der Waals surface area contributed by atoms with Gasteiger partial charge in [-0.2, -0.15) is 0 Å².